The zero-order valence-corrected chi connectivity index (χ0v) is 17.0. The summed E-state index contributed by atoms with van der Waals surface area (Å²) in [5, 5.41) is 3.05. The second-order valence-corrected chi connectivity index (χ2v) is 7.70. The molecule has 152 valence electrons. The van der Waals surface area contributed by atoms with Crippen LogP contribution in [0.4, 0.5) is 5.69 Å². The van der Waals surface area contributed by atoms with Crippen LogP contribution in [-0.2, 0) is 11.3 Å². The first kappa shape index (κ1) is 20.0. The van der Waals surface area contributed by atoms with E-state index in [0.29, 0.717) is 16.8 Å². The monoisotopic (exact) mass is 398 g/mol. The Balaban J connectivity index is 1.52. The zero-order valence-electron chi connectivity index (χ0n) is 17.0. The van der Waals surface area contributed by atoms with Gasteiger partial charge in [-0.2, -0.15) is 0 Å². The SMILES string of the molecule is O=C(c1ccccc1)c1ccccc1NC(=O)[C@H]1CCCCN1Cc1ccccc1. The first-order valence-electron chi connectivity index (χ1n) is 10.5. The molecule has 0 unspecified atom stereocenters. The molecule has 0 radical (unpaired) electrons. The molecule has 4 heteroatoms. The predicted octanol–water partition coefficient (Wildman–Crippen LogP) is 4.91. The van der Waals surface area contributed by atoms with E-state index in [9.17, 15) is 9.59 Å². The molecule has 1 aliphatic rings. The Morgan fingerprint density at radius 1 is 0.833 bits per heavy atom. The highest BCUT2D eigenvalue weighted by molar-refractivity contribution is 6.14. The number of carbonyl (C=O) groups excluding carboxylic acids is 2. The van der Waals surface area contributed by atoms with Crippen molar-refractivity contribution in [2.75, 3.05) is 11.9 Å². The second kappa shape index (κ2) is 9.51. The molecule has 1 saturated heterocycles. The second-order valence-electron chi connectivity index (χ2n) is 7.70. The lowest BCUT2D eigenvalue weighted by atomic mass is 9.99. The standard InChI is InChI=1S/C26H26N2O2/c29-25(21-13-5-2-6-14-21)22-15-7-8-16-23(22)27-26(30)24-17-9-10-18-28(24)19-20-11-3-1-4-12-20/h1-8,11-16,24H,9-10,17-19H2,(H,27,30)/t24-/m1/s1. The summed E-state index contributed by atoms with van der Waals surface area (Å²) in [6, 6.07) is 26.5. The third-order valence-corrected chi connectivity index (χ3v) is 5.61. The number of hydrogen-bond donors (Lipinski definition) is 1. The fourth-order valence-electron chi connectivity index (χ4n) is 4.05. The van der Waals surface area contributed by atoms with Gasteiger partial charge in [0.1, 0.15) is 0 Å². The minimum absolute atomic E-state index is 0.0426. The van der Waals surface area contributed by atoms with Crippen LogP contribution >= 0.6 is 0 Å². The molecule has 1 amide bonds. The van der Waals surface area contributed by atoms with Crippen molar-refractivity contribution in [2.24, 2.45) is 0 Å². The molecule has 30 heavy (non-hydrogen) atoms. The Labute approximate surface area is 177 Å². The molecule has 4 rings (SSSR count). The highest BCUT2D eigenvalue weighted by Crippen LogP contribution is 2.24. The molecule has 1 fully saturated rings. The highest BCUT2D eigenvalue weighted by atomic mass is 16.2. The number of benzene rings is 3. The Morgan fingerprint density at radius 3 is 2.27 bits per heavy atom. The average molecular weight is 399 g/mol. The van der Waals surface area contributed by atoms with Crippen LogP contribution < -0.4 is 5.32 Å². The van der Waals surface area contributed by atoms with Crippen LogP contribution in [0.2, 0.25) is 0 Å². The number of nitrogens with one attached hydrogen (secondary N) is 1. The summed E-state index contributed by atoms with van der Waals surface area (Å²) in [6.07, 6.45) is 2.96. The van der Waals surface area contributed by atoms with Crippen molar-refractivity contribution in [2.45, 2.75) is 31.8 Å². The molecule has 3 aromatic rings. The smallest absolute Gasteiger partial charge is 0.241 e. The summed E-state index contributed by atoms with van der Waals surface area (Å²) in [5.41, 5.74) is 2.91. The lowest BCUT2D eigenvalue weighted by Crippen LogP contribution is -2.46. The van der Waals surface area contributed by atoms with Crippen molar-refractivity contribution >= 4 is 17.4 Å². The maximum atomic E-state index is 13.2. The number of likely N-dealkylation sites (tertiary alicyclic amines) is 1. The third kappa shape index (κ3) is 4.66. The lowest BCUT2D eigenvalue weighted by Gasteiger charge is -2.34. The predicted molar refractivity (Wildman–Crippen MR) is 119 cm³/mol. The van der Waals surface area contributed by atoms with E-state index in [1.807, 2.05) is 48.5 Å². The van der Waals surface area contributed by atoms with E-state index in [1.165, 1.54) is 5.56 Å². The molecular formula is C26H26N2O2. The fourth-order valence-corrected chi connectivity index (χ4v) is 4.05. The molecule has 1 atom stereocenters. The van der Waals surface area contributed by atoms with Crippen molar-refractivity contribution in [3.63, 3.8) is 0 Å². The largest absolute Gasteiger partial charge is 0.324 e. The summed E-state index contributed by atoms with van der Waals surface area (Å²) in [7, 11) is 0. The Hall–Kier alpha value is -3.24. The molecule has 4 nitrogen and oxygen atoms in total. The van der Waals surface area contributed by atoms with Gasteiger partial charge < -0.3 is 5.32 Å². The molecule has 0 aliphatic carbocycles. The van der Waals surface area contributed by atoms with Gasteiger partial charge in [0.15, 0.2) is 5.78 Å². The van der Waals surface area contributed by atoms with E-state index < -0.39 is 0 Å². The van der Waals surface area contributed by atoms with Crippen LogP contribution in [0.5, 0.6) is 0 Å². The van der Waals surface area contributed by atoms with Gasteiger partial charge in [0, 0.05) is 17.7 Å². The van der Waals surface area contributed by atoms with Gasteiger partial charge in [0.25, 0.3) is 0 Å². The minimum Gasteiger partial charge on any atom is -0.324 e. The van der Waals surface area contributed by atoms with Gasteiger partial charge in [0.05, 0.1) is 11.7 Å². The van der Waals surface area contributed by atoms with E-state index in [4.69, 9.17) is 0 Å². The summed E-state index contributed by atoms with van der Waals surface area (Å²) >= 11 is 0. The summed E-state index contributed by atoms with van der Waals surface area (Å²) in [5.74, 6) is -0.129. The third-order valence-electron chi connectivity index (χ3n) is 5.61. The Kier molecular flexibility index (Phi) is 6.35. The normalized spacial score (nSPS) is 16.7. The van der Waals surface area contributed by atoms with E-state index in [-0.39, 0.29) is 17.7 Å². The van der Waals surface area contributed by atoms with Crippen molar-refractivity contribution in [3.05, 3.63) is 102 Å². The molecule has 1 heterocycles. The van der Waals surface area contributed by atoms with Gasteiger partial charge in [-0.3, -0.25) is 14.5 Å². The fraction of sp³-hybridized carbons (Fsp3) is 0.231. The highest BCUT2D eigenvalue weighted by Gasteiger charge is 2.29. The molecule has 0 aromatic heterocycles. The zero-order chi connectivity index (χ0) is 20.8. The maximum absolute atomic E-state index is 13.2. The number of hydrogen-bond acceptors (Lipinski definition) is 3. The molecule has 0 spiro atoms. The van der Waals surface area contributed by atoms with Crippen LogP contribution in [0, 0.1) is 0 Å². The average Bonchev–Trinajstić information content (AvgIpc) is 2.80. The molecule has 1 aliphatic heterocycles. The topological polar surface area (TPSA) is 49.4 Å². The number of rotatable bonds is 6. The molecule has 1 N–H and O–H groups in total. The maximum Gasteiger partial charge on any atom is 0.241 e. The number of nitrogens with zero attached hydrogens (tertiary/aromatic N) is 1. The van der Waals surface area contributed by atoms with Crippen molar-refractivity contribution < 1.29 is 9.59 Å². The van der Waals surface area contributed by atoms with E-state index >= 15 is 0 Å². The first-order chi connectivity index (χ1) is 14.7. The summed E-state index contributed by atoms with van der Waals surface area (Å²) < 4.78 is 0. The lowest BCUT2D eigenvalue weighted by molar-refractivity contribution is -0.122. The summed E-state index contributed by atoms with van der Waals surface area (Å²) in [6.45, 7) is 1.65. The van der Waals surface area contributed by atoms with Gasteiger partial charge in [-0.05, 0) is 37.1 Å². The van der Waals surface area contributed by atoms with Gasteiger partial charge in [0.2, 0.25) is 5.91 Å². The van der Waals surface area contributed by atoms with Crippen molar-refractivity contribution in [1.82, 2.24) is 4.90 Å². The van der Waals surface area contributed by atoms with Crippen molar-refractivity contribution in [3.8, 4) is 0 Å². The molecule has 0 bridgehead atoms. The van der Waals surface area contributed by atoms with Crippen LogP contribution in [0.3, 0.4) is 0 Å². The van der Waals surface area contributed by atoms with Crippen LogP contribution in [0.25, 0.3) is 0 Å². The number of amides is 1. The quantitative estimate of drug-likeness (QED) is 0.600. The number of para-hydroxylation sites is 1. The Bertz CT molecular complexity index is 1000. The van der Waals surface area contributed by atoms with Gasteiger partial charge >= 0.3 is 0 Å². The molecule has 0 saturated carbocycles. The summed E-state index contributed by atoms with van der Waals surface area (Å²) in [4.78, 5) is 28.4. The van der Waals surface area contributed by atoms with Crippen LogP contribution in [0.1, 0.15) is 40.7 Å². The molecule has 3 aromatic carbocycles. The van der Waals surface area contributed by atoms with Gasteiger partial charge in [-0.15, -0.1) is 0 Å². The molecular weight excluding hydrogens is 372 g/mol. The minimum atomic E-state index is -0.196. The first-order valence-corrected chi connectivity index (χ1v) is 10.5. The number of ketones is 1. The van der Waals surface area contributed by atoms with Crippen LogP contribution in [0.15, 0.2) is 84.9 Å². The van der Waals surface area contributed by atoms with E-state index in [2.05, 4.69) is 22.3 Å². The van der Waals surface area contributed by atoms with E-state index in [1.54, 1.807) is 24.3 Å². The Morgan fingerprint density at radius 2 is 1.50 bits per heavy atom. The van der Waals surface area contributed by atoms with Gasteiger partial charge in [-0.25, -0.2) is 0 Å². The van der Waals surface area contributed by atoms with Crippen LogP contribution in [-0.4, -0.2) is 29.2 Å². The number of carbonyl (C=O) groups is 2. The van der Waals surface area contributed by atoms with E-state index in [0.717, 1.165) is 32.4 Å². The number of anilines is 1. The number of piperidine rings is 1. The van der Waals surface area contributed by atoms with Gasteiger partial charge in [-0.1, -0.05) is 79.2 Å². The van der Waals surface area contributed by atoms with Crippen molar-refractivity contribution in [1.29, 1.82) is 0 Å².